The van der Waals surface area contributed by atoms with E-state index in [1.807, 2.05) is 37.3 Å². The van der Waals surface area contributed by atoms with Gasteiger partial charge in [0.1, 0.15) is 11.6 Å². The van der Waals surface area contributed by atoms with Crippen molar-refractivity contribution in [1.29, 1.82) is 0 Å². The molecule has 166 valence electrons. The molecule has 30 heavy (non-hydrogen) atoms. The highest BCUT2D eigenvalue weighted by Crippen LogP contribution is 2.26. The van der Waals surface area contributed by atoms with Crippen LogP contribution in [0.25, 0.3) is 0 Å². The lowest BCUT2D eigenvalue weighted by atomic mass is 10.00. The zero-order valence-electron chi connectivity index (χ0n) is 18.9. The SMILES string of the molecule is CC(c1ccc(OCCC(Cl)N(C)C)cc1)c1nccn1CC(C)N1CCCCC1. The Hall–Kier alpha value is -1.56. The van der Waals surface area contributed by atoms with E-state index < -0.39 is 0 Å². The smallest absolute Gasteiger partial charge is 0.119 e. The van der Waals surface area contributed by atoms with Crippen LogP contribution in [0.5, 0.6) is 5.75 Å². The Morgan fingerprint density at radius 1 is 1.10 bits per heavy atom. The standard InChI is InChI=1S/C24H37ClN4O/c1-19(28-14-6-5-7-15-28)18-29-16-13-26-24(29)20(2)21-8-10-22(11-9-21)30-17-12-23(25)27(3)4/h8-11,13,16,19-20,23H,5-7,12,14-15,17-18H2,1-4H3. The van der Waals surface area contributed by atoms with Gasteiger partial charge in [0.15, 0.2) is 0 Å². The minimum atomic E-state index is -0.00418. The average molecular weight is 433 g/mol. The Morgan fingerprint density at radius 3 is 2.47 bits per heavy atom. The second kappa shape index (κ2) is 11.2. The quantitative estimate of drug-likeness (QED) is 0.398. The van der Waals surface area contributed by atoms with Gasteiger partial charge in [-0.25, -0.2) is 4.98 Å². The Bertz CT molecular complexity index is 755. The Morgan fingerprint density at radius 2 is 1.80 bits per heavy atom. The fraction of sp³-hybridized carbons (Fsp3) is 0.625. The molecule has 3 rings (SSSR count). The van der Waals surface area contributed by atoms with Crippen LogP contribution in [0.2, 0.25) is 0 Å². The Kier molecular flexibility index (Phi) is 8.61. The van der Waals surface area contributed by atoms with Crippen molar-refractivity contribution < 1.29 is 4.74 Å². The molecule has 3 atom stereocenters. The fourth-order valence-electron chi connectivity index (χ4n) is 4.15. The van der Waals surface area contributed by atoms with Gasteiger partial charge in [-0.05, 0) is 64.6 Å². The molecule has 1 aromatic carbocycles. The number of likely N-dealkylation sites (tertiary alicyclic amines) is 1. The van der Waals surface area contributed by atoms with Crippen LogP contribution in [-0.2, 0) is 6.54 Å². The second-order valence-corrected chi connectivity index (χ2v) is 9.21. The molecule has 0 N–H and O–H groups in total. The van der Waals surface area contributed by atoms with Gasteiger partial charge in [0.2, 0.25) is 0 Å². The van der Waals surface area contributed by atoms with Gasteiger partial charge < -0.3 is 9.30 Å². The van der Waals surface area contributed by atoms with Crippen LogP contribution in [0.15, 0.2) is 36.7 Å². The molecule has 5 nitrogen and oxygen atoms in total. The maximum Gasteiger partial charge on any atom is 0.119 e. The monoisotopic (exact) mass is 432 g/mol. The molecule has 1 aliphatic heterocycles. The summed E-state index contributed by atoms with van der Waals surface area (Å²) >= 11 is 6.24. The highest BCUT2D eigenvalue weighted by molar-refractivity contribution is 6.20. The topological polar surface area (TPSA) is 33.5 Å². The van der Waals surface area contributed by atoms with E-state index in [0.29, 0.717) is 12.6 Å². The van der Waals surface area contributed by atoms with Gasteiger partial charge in [-0.2, -0.15) is 0 Å². The molecular formula is C24H37ClN4O. The number of alkyl halides is 1. The van der Waals surface area contributed by atoms with Gasteiger partial charge in [0.25, 0.3) is 0 Å². The van der Waals surface area contributed by atoms with Crippen LogP contribution in [0.3, 0.4) is 0 Å². The molecule has 0 radical (unpaired) electrons. The molecule has 1 saturated heterocycles. The summed E-state index contributed by atoms with van der Waals surface area (Å²) < 4.78 is 8.19. The summed E-state index contributed by atoms with van der Waals surface area (Å²) in [6.45, 7) is 8.62. The molecule has 6 heteroatoms. The third-order valence-electron chi connectivity index (χ3n) is 6.18. The zero-order chi connectivity index (χ0) is 21.5. The molecule has 2 aromatic rings. The summed E-state index contributed by atoms with van der Waals surface area (Å²) in [6, 6.07) is 8.94. The first kappa shape index (κ1) is 23.1. The molecule has 0 saturated carbocycles. The van der Waals surface area contributed by atoms with Crippen LogP contribution in [0.1, 0.15) is 56.8 Å². The van der Waals surface area contributed by atoms with Crippen molar-refractivity contribution in [3.63, 3.8) is 0 Å². The molecule has 1 fully saturated rings. The lowest BCUT2D eigenvalue weighted by Gasteiger charge is -2.33. The number of hydrogen-bond donors (Lipinski definition) is 0. The van der Waals surface area contributed by atoms with E-state index in [9.17, 15) is 0 Å². The first-order valence-corrected chi connectivity index (χ1v) is 11.7. The molecule has 3 unspecified atom stereocenters. The molecule has 0 amide bonds. The second-order valence-electron chi connectivity index (χ2n) is 8.71. The number of hydrogen-bond acceptors (Lipinski definition) is 4. The van der Waals surface area contributed by atoms with Crippen LogP contribution in [-0.4, -0.2) is 64.7 Å². The third-order valence-corrected chi connectivity index (χ3v) is 6.78. The molecule has 0 bridgehead atoms. The summed E-state index contributed by atoms with van der Waals surface area (Å²) in [6.07, 6.45) is 8.87. The maximum atomic E-state index is 6.24. The summed E-state index contributed by atoms with van der Waals surface area (Å²) in [5, 5.41) is 0. The minimum absolute atomic E-state index is 0.00418. The van der Waals surface area contributed by atoms with Crippen molar-refractivity contribution in [2.45, 2.75) is 63.5 Å². The predicted molar refractivity (Wildman–Crippen MR) is 125 cm³/mol. The van der Waals surface area contributed by atoms with Gasteiger partial charge in [-0.15, -0.1) is 11.6 Å². The number of rotatable bonds is 10. The van der Waals surface area contributed by atoms with Crippen LogP contribution in [0, 0.1) is 0 Å². The lowest BCUT2D eigenvalue weighted by Crippen LogP contribution is -2.40. The van der Waals surface area contributed by atoms with Crippen molar-refractivity contribution in [2.24, 2.45) is 0 Å². The van der Waals surface area contributed by atoms with Crippen molar-refractivity contribution in [2.75, 3.05) is 33.8 Å². The van der Waals surface area contributed by atoms with E-state index in [2.05, 4.69) is 41.6 Å². The van der Waals surface area contributed by atoms with Crippen LogP contribution < -0.4 is 4.74 Å². The first-order valence-electron chi connectivity index (χ1n) is 11.2. The first-order chi connectivity index (χ1) is 14.5. The van der Waals surface area contributed by atoms with Crippen molar-refractivity contribution in [1.82, 2.24) is 19.4 Å². The highest BCUT2D eigenvalue weighted by Gasteiger charge is 2.20. The number of nitrogens with zero attached hydrogens (tertiary/aromatic N) is 4. The predicted octanol–water partition coefficient (Wildman–Crippen LogP) is 4.80. The van der Waals surface area contributed by atoms with Crippen molar-refractivity contribution in [3.8, 4) is 5.75 Å². The normalized spacial score (nSPS) is 18.3. The highest BCUT2D eigenvalue weighted by atomic mass is 35.5. The minimum Gasteiger partial charge on any atom is -0.493 e. The van der Waals surface area contributed by atoms with Gasteiger partial charge in [0.05, 0.1) is 12.1 Å². The lowest BCUT2D eigenvalue weighted by molar-refractivity contribution is 0.159. The fourth-order valence-corrected chi connectivity index (χ4v) is 4.24. The average Bonchev–Trinajstić information content (AvgIpc) is 3.22. The molecular weight excluding hydrogens is 396 g/mol. The molecule has 1 aromatic heterocycles. The van der Waals surface area contributed by atoms with E-state index in [-0.39, 0.29) is 11.4 Å². The largest absolute Gasteiger partial charge is 0.493 e. The molecule has 2 heterocycles. The summed E-state index contributed by atoms with van der Waals surface area (Å²) in [4.78, 5) is 9.30. The van der Waals surface area contributed by atoms with Gasteiger partial charge in [-0.1, -0.05) is 25.5 Å². The van der Waals surface area contributed by atoms with Gasteiger partial charge >= 0.3 is 0 Å². The van der Waals surface area contributed by atoms with E-state index in [0.717, 1.165) is 24.5 Å². The maximum absolute atomic E-state index is 6.24. The number of halogens is 1. The van der Waals surface area contributed by atoms with Crippen molar-refractivity contribution >= 4 is 11.6 Å². The van der Waals surface area contributed by atoms with Gasteiger partial charge in [0, 0.05) is 37.3 Å². The number of piperidine rings is 1. The van der Waals surface area contributed by atoms with Crippen molar-refractivity contribution in [3.05, 3.63) is 48.0 Å². The van der Waals surface area contributed by atoms with Crippen LogP contribution in [0.4, 0.5) is 0 Å². The number of aromatic nitrogens is 2. The summed E-state index contributed by atoms with van der Waals surface area (Å²) in [5.74, 6) is 2.25. The third kappa shape index (κ3) is 6.22. The van der Waals surface area contributed by atoms with Crippen LogP contribution >= 0.6 is 11.6 Å². The van der Waals surface area contributed by atoms with E-state index in [1.165, 1.54) is 37.9 Å². The Labute approximate surface area is 187 Å². The number of ether oxygens (including phenoxy) is 1. The van der Waals surface area contributed by atoms with E-state index in [1.54, 1.807) is 0 Å². The molecule has 0 spiro atoms. The van der Waals surface area contributed by atoms with E-state index >= 15 is 0 Å². The Balaban J connectivity index is 1.57. The molecule has 0 aliphatic carbocycles. The summed E-state index contributed by atoms with van der Waals surface area (Å²) in [7, 11) is 3.95. The zero-order valence-corrected chi connectivity index (χ0v) is 19.7. The number of imidazole rings is 1. The van der Waals surface area contributed by atoms with E-state index in [4.69, 9.17) is 21.3 Å². The van der Waals surface area contributed by atoms with Gasteiger partial charge in [-0.3, -0.25) is 9.80 Å². The number of benzene rings is 1. The molecule has 1 aliphatic rings. The summed E-state index contributed by atoms with van der Waals surface area (Å²) in [5.41, 5.74) is 1.25.